The van der Waals surface area contributed by atoms with Gasteiger partial charge < -0.3 is 5.32 Å². The normalized spacial score (nSPS) is 12.4. The van der Waals surface area contributed by atoms with Crippen LogP contribution in [0.25, 0.3) is 0 Å². The van der Waals surface area contributed by atoms with E-state index in [0.29, 0.717) is 6.04 Å². The van der Waals surface area contributed by atoms with Crippen molar-refractivity contribution in [3.8, 4) is 0 Å². The van der Waals surface area contributed by atoms with Gasteiger partial charge in [-0.3, -0.25) is 9.97 Å². The summed E-state index contributed by atoms with van der Waals surface area (Å²) in [4.78, 5) is 8.61. The van der Waals surface area contributed by atoms with E-state index in [1.54, 1.807) is 6.20 Å². The Labute approximate surface area is 115 Å². The first kappa shape index (κ1) is 13.7. The lowest BCUT2D eigenvalue weighted by atomic mass is 10.0. The molecule has 2 aromatic rings. The van der Waals surface area contributed by atoms with Crippen LogP contribution in [-0.2, 0) is 6.54 Å². The molecule has 1 aromatic heterocycles. The lowest BCUT2D eigenvalue weighted by Gasteiger charge is -2.16. The first-order valence-corrected chi connectivity index (χ1v) is 6.64. The number of rotatable bonds is 4. The zero-order valence-electron chi connectivity index (χ0n) is 12.1. The summed E-state index contributed by atoms with van der Waals surface area (Å²) in [6.07, 6.45) is 3.63. The van der Waals surface area contributed by atoms with Crippen LogP contribution in [0, 0.1) is 20.8 Å². The standard InChI is InChI=1S/C16H21N3/c1-11-5-6-16(12(2)7-11)14(4)18-10-15-9-17-13(3)8-19-15/h5-9,14,18H,10H2,1-4H3. The van der Waals surface area contributed by atoms with Crippen LogP contribution in [0.1, 0.15) is 41.0 Å². The predicted octanol–water partition coefficient (Wildman–Crippen LogP) is 3.25. The Morgan fingerprint density at radius 2 is 1.89 bits per heavy atom. The average molecular weight is 255 g/mol. The lowest BCUT2D eigenvalue weighted by Crippen LogP contribution is -2.19. The van der Waals surface area contributed by atoms with E-state index in [4.69, 9.17) is 0 Å². The van der Waals surface area contributed by atoms with Crippen LogP contribution >= 0.6 is 0 Å². The monoisotopic (exact) mass is 255 g/mol. The van der Waals surface area contributed by atoms with Crippen LogP contribution in [0.3, 0.4) is 0 Å². The van der Waals surface area contributed by atoms with Crippen LogP contribution in [0.5, 0.6) is 0 Å². The van der Waals surface area contributed by atoms with Crippen molar-refractivity contribution in [1.29, 1.82) is 0 Å². The number of aromatic nitrogens is 2. The maximum Gasteiger partial charge on any atom is 0.0724 e. The van der Waals surface area contributed by atoms with Crippen molar-refractivity contribution >= 4 is 0 Å². The number of aryl methyl sites for hydroxylation is 3. The van der Waals surface area contributed by atoms with E-state index in [9.17, 15) is 0 Å². The highest BCUT2D eigenvalue weighted by molar-refractivity contribution is 5.32. The molecule has 0 amide bonds. The number of benzene rings is 1. The summed E-state index contributed by atoms with van der Waals surface area (Å²) in [6.45, 7) is 9.15. The van der Waals surface area contributed by atoms with Crippen molar-refractivity contribution in [2.75, 3.05) is 0 Å². The van der Waals surface area contributed by atoms with Gasteiger partial charge in [0.1, 0.15) is 0 Å². The molecular formula is C16H21N3. The van der Waals surface area contributed by atoms with Gasteiger partial charge in [0.05, 0.1) is 11.4 Å². The minimum atomic E-state index is 0.309. The SMILES string of the molecule is Cc1ccc(C(C)NCc2cnc(C)cn2)c(C)c1. The van der Waals surface area contributed by atoms with Gasteiger partial charge in [-0.2, -0.15) is 0 Å². The second kappa shape index (κ2) is 5.93. The molecule has 2 rings (SSSR count). The van der Waals surface area contributed by atoms with E-state index < -0.39 is 0 Å². The molecule has 3 nitrogen and oxygen atoms in total. The summed E-state index contributed by atoms with van der Waals surface area (Å²) in [5.74, 6) is 0. The molecule has 0 saturated carbocycles. The van der Waals surface area contributed by atoms with Crippen LogP contribution in [0.4, 0.5) is 0 Å². The average Bonchev–Trinajstić information content (AvgIpc) is 2.37. The molecule has 0 saturated heterocycles. The smallest absolute Gasteiger partial charge is 0.0724 e. The molecule has 0 bridgehead atoms. The van der Waals surface area contributed by atoms with Crippen LogP contribution in [0.2, 0.25) is 0 Å². The molecule has 1 heterocycles. The molecule has 1 N–H and O–H groups in total. The molecule has 0 aliphatic carbocycles. The fourth-order valence-electron chi connectivity index (χ4n) is 2.19. The Hall–Kier alpha value is -1.74. The van der Waals surface area contributed by atoms with Gasteiger partial charge in [-0.15, -0.1) is 0 Å². The van der Waals surface area contributed by atoms with Gasteiger partial charge in [-0.25, -0.2) is 0 Å². The molecule has 0 fully saturated rings. The topological polar surface area (TPSA) is 37.8 Å². The molecule has 19 heavy (non-hydrogen) atoms. The summed E-state index contributed by atoms with van der Waals surface area (Å²) in [5.41, 5.74) is 5.90. The van der Waals surface area contributed by atoms with Gasteiger partial charge >= 0.3 is 0 Å². The Bertz CT molecular complexity index is 546. The largest absolute Gasteiger partial charge is 0.304 e. The summed E-state index contributed by atoms with van der Waals surface area (Å²) < 4.78 is 0. The van der Waals surface area contributed by atoms with Crippen molar-refractivity contribution in [3.05, 3.63) is 58.7 Å². The van der Waals surface area contributed by atoms with Crippen molar-refractivity contribution in [2.45, 2.75) is 40.3 Å². The molecule has 1 atom stereocenters. The summed E-state index contributed by atoms with van der Waals surface area (Å²) >= 11 is 0. The summed E-state index contributed by atoms with van der Waals surface area (Å²) in [7, 11) is 0. The quantitative estimate of drug-likeness (QED) is 0.911. The van der Waals surface area contributed by atoms with E-state index in [2.05, 4.69) is 54.3 Å². The zero-order chi connectivity index (χ0) is 13.8. The highest BCUT2D eigenvalue weighted by atomic mass is 14.9. The van der Waals surface area contributed by atoms with Gasteiger partial charge in [0.15, 0.2) is 0 Å². The van der Waals surface area contributed by atoms with E-state index in [0.717, 1.165) is 17.9 Å². The third-order valence-electron chi connectivity index (χ3n) is 3.32. The number of nitrogens with one attached hydrogen (secondary N) is 1. The Balaban J connectivity index is 2.01. The van der Waals surface area contributed by atoms with E-state index in [-0.39, 0.29) is 0 Å². The number of hydrogen-bond donors (Lipinski definition) is 1. The van der Waals surface area contributed by atoms with Crippen LogP contribution in [0.15, 0.2) is 30.6 Å². The second-order valence-electron chi connectivity index (χ2n) is 5.11. The fraction of sp³-hybridized carbons (Fsp3) is 0.375. The minimum Gasteiger partial charge on any atom is -0.304 e. The highest BCUT2D eigenvalue weighted by Crippen LogP contribution is 2.18. The van der Waals surface area contributed by atoms with E-state index in [1.807, 2.05) is 13.1 Å². The minimum absolute atomic E-state index is 0.309. The van der Waals surface area contributed by atoms with Gasteiger partial charge in [0.25, 0.3) is 0 Å². The highest BCUT2D eigenvalue weighted by Gasteiger charge is 2.08. The van der Waals surface area contributed by atoms with Gasteiger partial charge in [-0.1, -0.05) is 23.8 Å². The molecular weight excluding hydrogens is 234 g/mol. The van der Waals surface area contributed by atoms with Crippen molar-refractivity contribution in [1.82, 2.24) is 15.3 Å². The number of nitrogens with zero attached hydrogens (tertiary/aromatic N) is 2. The molecule has 3 heteroatoms. The Kier molecular flexibility index (Phi) is 4.27. The summed E-state index contributed by atoms with van der Waals surface area (Å²) in [6, 6.07) is 6.89. The van der Waals surface area contributed by atoms with Crippen molar-refractivity contribution < 1.29 is 0 Å². The van der Waals surface area contributed by atoms with Gasteiger partial charge in [0.2, 0.25) is 0 Å². The van der Waals surface area contributed by atoms with Crippen LogP contribution < -0.4 is 5.32 Å². The first-order chi connectivity index (χ1) is 9.06. The molecule has 1 unspecified atom stereocenters. The van der Waals surface area contributed by atoms with Gasteiger partial charge in [-0.05, 0) is 38.8 Å². The predicted molar refractivity (Wildman–Crippen MR) is 77.9 cm³/mol. The molecule has 0 radical (unpaired) electrons. The van der Waals surface area contributed by atoms with Crippen molar-refractivity contribution in [3.63, 3.8) is 0 Å². The fourth-order valence-corrected chi connectivity index (χ4v) is 2.19. The lowest BCUT2D eigenvalue weighted by molar-refractivity contribution is 0.564. The van der Waals surface area contributed by atoms with E-state index in [1.165, 1.54) is 16.7 Å². The Morgan fingerprint density at radius 3 is 2.53 bits per heavy atom. The third kappa shape index (κ3) is 3.61. The molecule has 100 valence electrons. The number of hydrogen-bond acceptors (Lipinski definition) is 3. The van der Waals surface area contributed by atoms with Crippen LogP contribution in [-0.4, -0.2) is 9.97 Å². The first-order valence-electron chi connectivity index (χ1n) is 6.64. The zero-order valence-corrected chi connectivity index (χ0v) is 12.1. The summed E-state index contributed by atoms with van der Waals surface area (Å²) in [5, 5.41) is 3.49. The van der Waals surface area contributed by atoms with Crippen molar-refractivity contribution in [2.24, 2.45) is 0 Å². The maximum absolute atomic E-state index is 4.36. The molecule has 0 aliphatic heterocycles. The molecule has 0 spiro atoms. The molecule has 0 aliphatic rings. The van der Waals surface area contributed by atoms with E-state index >= 15 is 0 Å². The molecule has 1 aromatic carbocycles. The van der Waals surface area contributed by atoms with Gasteiger partial charge in [0, 0.05) is 25.0 Å². The maximum atomic E-state index is 4.36. The second-order valence-corrected chi connectivity index (χ2v) is 5.11. The Morgan fingerprint density at radius 1 is 1.11 bits per heavy atom. The third-order valence-corrected chi connectivity index (χ3v) is 3.32.